The molecule has 0 unspecified atom stereocenters. The molecule has 0 spiro atoms. The van der Waals surface area contributed by atoms with E-state index in [0.29, 0.717) is 0 Å². The Morgan fingerprint density at radius 1 is 0.905 bits per heavy atom. The van der Waals surface area contributed by atoms with Crippen LogP contribution in [-0.2, 0) is 13.1 Å². The van der Waals surface area contributed by atoms with Gasteiger partial charge in [0.2, 0.25) is 0 Å². The van der Waals surface area contributed by atoms with E-state index >= 15 is 0 Å². The highest BCUT2D eigenvalue weighted by Crippen LogP contribution is 2.09. The van der Waals surface area contributed by atoms with Gasteiger partial charge in [0.1, 0.15) is 0 Å². The normalized spacial score (nSPS) is 10.7. The van der Waals surface area contributed by atoms with Crippen molar-refractivity contribution < 1.29 is 0 Å². The van der Waals surface area contributed by atoms with Crippen LogP contribution in [0, 0.1) is 6.92 Å². The third-order valence-corrected chi connectivity index (χ3v) is 3.48. The molecule has 0 saturated heterocycles. The molecule has 0 radical (unpaired) electrons. The third-order valence-electron chi connectivity index (χ3n) is 3.48. The first-order valence-electron chi connectivity index (χ1n) is 7.16. The summed E-state index contributed by atoms with van der Waals surface area (Å²) in [6.45, 7) is 3.87. The minimum Gasteiger partial charge on any atom is -0.309 e. The van der Waals surface area contributed by atoms with Crippen LogP contribution in [0.5, 0.6) is 0 Å². The van der Waals surface area contributed by atoms with Crippen LogP contribution < -0.4 is 5.32 Å². The molecule has 0 saturated carbocycles. The summed E-state index contributed by atoms with van der Waals surface area (Å²) in [4.78, 5) is 0. The standard InChI is InChI=1S/C18H19N3/c1-15-3-5-16(6-4-15)13-19-14-17-7-9-18(10-8-17)21-12-2-11-20-21/h2-12,19H,13-14H2,1H3. The van der Waals surface area contributed by atoms with Gasteiger partial charge >= 0.3 is 0 Å². The van der Waals surface area contributed by atoms with E-state index in [0.717, 1.165) is 18.8 Å². The molecule has 0 fully saturated rings. The van der Waals surface area contributed by atoms with Crippen LogP contribution in [0.3, 0.4) is 0 Å². The molecule has 3 rings (SSSR count). The largest absolute Gasteiger partial charge is 0.309 e. The smallest absolute Gasteiger partial charge is 0.0645 e. The monoisotopic (exact) mass is 277 g/mol. The molecule has 0 aliphatic heterocycles. The van der Waals surface area contributed by atoms with Crippen molar-refractivity contribution in [2.24, 2.45) is 0 Å². The molecule has 0 aliphatic rings. The topological polar surface area (TPSA) is 29.9 Å². The van der Waals surface area contributed by atoms with Crippen LogP contribution in [0.1, 0.15) is 16.7 Å². The number of aromatic nitrogens is 2. The van der Waals surface area contributed by atoms with Crippen LogP contribution in [0.25, 0.3) is 5.69 Å². The Labute approximate surface area is 125 Å². The van der Waals surface area contributed by atoms with Crippen molar-refractivity contribution in [2.75, 3.05) is 0 Å². The van der Waals surface area contributed by atoms with Crippen LogP contribution >= 0.6 is 0 Å². The maximum absolute atomic E-state index is 4.23. The van der Waals surface area contributed by atoms with Gasteiger partial charge in [-0.25, -0.2) is 4.68 Å². The summed E-state index contributed by atoms with van der Waals surface area (Å²) in [6, 6.07) is 19.0. The Balaban J connectivity index is 1.55. The lowest BCUT2D eigenvalue weighted by Crippen LogP contribution is -2.12. The van der Waals surface area contributed by atoms with Gasteiger partial charge in [0.25, 0.3) is 0 Å². The van der Waals surface area contributed by atoms with E-state index in [9.17, 15) is 0 Å². The molecule has 21 heavy (non-hydrogen) atoms. The fourth-order valence-corrected chi connectivity index (χ4v) is 2.25. The Bertz CT molecular complexity index is 667. The number of rotatable bonds is 5. The van der Waals surface area contributed by atoms with Gasteiger partial charge in [0, 0.05) is 25.5 Å². The summed E-state index contributed by atoms with van der Waals surface area (Å²) in [5.41, 5.74) is 4.97. The minimum absolute atomic E-state index is 0.868. The molecule has 3 aromatic rings. The molecule has 1 heterocycles. The first kappa shape index (κ1) is 13.6. The molecule has 0 atom stereocenters. The van der Waals surface area contributed by atoms with Crippen molar-refractivity contribution in [1.29, 1.82) is 0 Å². The van der Waals surface area contributed by atoms with Crippen LogP contribution in [0.2, 0.25) is 0 Å². The van der Waals surface area contributed by atoms with Crippen molar-refractivity contribution >= 4 is 0 Å². The summed E-state index contributed by atoms with van der Waals surface area (Å²) in [5, 5.41) is 7.70. The number of nitrogens with one attached hydrogen (secondary N) is 1. The van der Waals surface area contributed by atoms with E-state index in [1.807, 2.05) is 16.9 Å². The molecule has 3 nitrogen and oxygen atoms in total. The number of hydrogen-bond donors (Lipinski definition) is 1. The zero-order valence-corrected chi connectivity index (χ0v) is 12.2. The lowest BCUT2D eigenvalue weighted by molar-refractivity contribution is 0.693. The predicted octanol–water partition coefficient (Wildman–Crippen LogP) is 3.47. The minimum atomic E-state index is 0.868. The molecule has 2 aromatic carbocycles. The summed E-state index contributed by atoms with van der Waals surface area (Å²) in [6.07, 6.45) is 3.74. The van der Waals surface area contributed by atoms with Crippen molar-refractivity contribution in [1.82, 2.24) is 15.1 Å². The maximum atomic E-state index is 4.23. The molecular weight excluding hydrogens is 258 g/mol. The van der Waals surface area contributed by atoms with Crippen molar-refractivity contribution in [2.45, 2.75) is 20.0 Å². The highest BCUT2D eigenvalue weighted by Gasteiger charge is 1.98. The van der Waals surface area contributed by atoms with E-state index in [2.05, 4.69) is 65.9 Å². The van der Waals surface area contributed by atoms with Crippen molar-refractivity contribution in [3.8, 4) is 5.69 Å². The number of hydrogen-bond acceptors (Lipinski definition) is 2. The van der Waals surface area contributed by atoms with E-state index in [1.54, 1.807) is 6.20 Å². The molecule has 106 valence electrons. The summed E-state index contributed by atoms with van der Waals surface area (Å²) in [7, 11) is 0. The molecule has 1 aromatic heterocycles. The van der Waals surface area contributed by atoms with Gasteiger partial charge in [-0.05, 0) is 36.2 Å². The van der Waals surface area contributed by atoms with Gasteiger partial charge in [-0.1, -0.05) is 42.0 Å². The molecule has 0 aliphatic carbocycles. The summed E-state index contributed by atoms with van der Waals surface area (Å²) in [5.74, 6) is 0. The van der Waals surface area contributed by atoms with Crippen LogP contribution in [-0.4, -0.2) is 9.78 Å². The zero-order chi connectivity index (χ0) is 14.5. The van der Waals surface area contributed by atoms with Gasteiger partial charge in [-0.2, -0.15) is 5.10 Å². The zero-order valence-electron chi connectivity index (χ0n) is 12.2. The van der Waals surface area contributed by atoms with Gasteiger partial charge in [-0.3, -0.25) is 0 Å². The van der Waals surface area contributed by atoms with Gasteiger partial charge in [0.15, 0.2) is 0 Å². The Morgan fingerprint density at radius 2 is 1.52 bits per heavy atom. The molecule has 0 bridgehead atoms. The second kappa shape index (κ2) is 6.37. The third kappa shape index (κ3) is 3.58. The van der Waals surface area contributed by atoms with Crippen molar-refractivity contribution in [3.05, 3.63) is 83.7 Å². The summed E-state index contributed by atoms with van der Waals surface area (Å²) < 4.78 is 1.86. The van der Waals surface area contributed by atoms with E-state index < -0.39 is 0 Å². The quantitative estimate of drug-likeness (QED) is 0.774. The van der Waals surface area contributed by atoms with E-state index in [1.165, 1.54) is 16.7 Å². The summed E-state index contributed by atoms with van der Waals surface area (Å²) >= 11 is 0. The Kier molecular flexibility index (Phi) is 4.12. The second-order valence-electron chi connectivity index (χ2n) is 5.21. The molecule has 1 N–H and O–H groups in total. The highest BCUT2D eigenvalue weighted by molar-refractivity contribution is 5.33. The lowest BCUT2D eigenvalue weighted by atomic mass is 10.1. The molecular formula is C18H19N3. The first-order chi connectivity index (χ1) is 10.3. The molecule has 3 heteroatoms. The second-order valence-corrected chi connectivity index (χ2v) is 5.21. The Morgan fingerprint density at radius 3 is 2.10 bits per heavy atom. The Hall–Kier alpha value is -2.39. The van der Waals surface area contributed by atoms with Gasteiger partial charge in [0.05, 0.1) is 5.69 Å². The van der Waals surface area contributed by atoms with E-state index in [4.69, 9.17) is 0 Å². The van der Waals surface area contributed by atoms with Crippen LogP contribution in [0.4, 0.5) is 0 Å². The van der Waals surface area contributed by atoms with E-state index in [-0.39, 0.29) is 0 Å². The van der Waals surface area contributed by atoms with Gasteiger partial charge in [-0.15, -0.1) is 0 Å². The maximum Gasteiger partial charge on any atom is 0.0645 e. The highest BCUT2D eigenvalue weighted by atomic mass is 15.3. The number of nitrogens with zero attached hydrogens (tertiary/aromatic N) is 2. The fraction of sp³-hybridized carbons (Fsp3) is 0.167. The number of aryl methyl sites for hydroxylation is 1. The predicted molar refractivity (Wildman–Crippen MR) is 85.3 cm³/mol. The van der Waals surface area contributed by atoms with Crippen molar-refractivity contribution in [3.63, 3.8) is 0 Å². The average molecular weight is 277 g/mol. The van der Waals surface area contributed by atoms with Gasteiger partial charge < -0.3 is 5.32 Å². The SMILES string of the molecule is Cc1ccc(CNCc2ccc(-n3cccn3)cc2)cc1. The average Bonchev–Trinajstić information content (AvgIpc) is 3.04. The number of benzene rings is 2. The molecule has 0 amide bonds. The van der Waals surface area contributed by atoms with Crippen LogP contribution in [0.15, 0.2) is 67.0 Å². The first-order valence-corrected chi connectivity index (χ1v) is 7.16. The fourth-order valence-electron chi connectivity index (χ4n) is 2.25. The lowest BCUT2D eigenvalue weighted by Gasteiger charge is -2.07.